The Morgan fingerprint density at radius 2 is 1.85 bits per heavy atom. The minimum absolute atomic E-state index is 0.00933. The van der Waals surface area contributed by atoms with E-state index in [1.165, 1.54) is 31.4 Å². The molecule has 2 aromatic rings. The van der Waals surface area contributed by atoms with Gasteiger partial charge in [-0.15, -0.1) is 0 Å². The van der Waals surface area contributed by atoms with E-state index in [-0.39, 0.29) is 4.90 Å². The van der Waals surface area contributed by atoms with Crippen LogP contribution in [0, 0.1) is 11.3 Å². The molecular weight excluding hydrogens is 356 g/mol. The van der Waals surface area contributed by atoms with E-state index >= 15 is 0 Å². The number of nitrogens with one attached hydrogen (secondary N) is 1. The predicted octanol–water partition coefficient (Wildman–Crippen LogP) is 2.72. The summed E-state index contributed by atoms with van der Waals surface area (Å²) in [6.45, 7) is 0.931. The number of fused-ring (bicyclic) bond motifs is 1. The van der Waals surface area contributed by atoms with Crippen LogP contribution in [-0.4, -0.2) is 28.7 Å². The molecule has 0 spiro atoms. The Labute approximate surface area is 151 Å². The first-order valence-corrected chi connectivity index (χ1v) is 9.18. The molecule has 2 aromatic carbocycles. The third kappa shape index (κ3) is 3.58. The van der Waals surface area contributed by atoms with Crippen LogP contribution in [0.4, 0.5) is 5.69 Å². The summed E-state index contributed by atoms with van der Waals surface area (Å²) >= 11 is 0. The molecule has 0 saturated carbocycles. The molecular formula is C18H16N2O5S. The van der Waals surface area contributed by atoms with Gasteiger partial charge in [0.05, 0.1) is 12.0 Å². The number of allylic oxidation sites excluding steroid dienone is 1. The second-order valence-corrected chi connectivity index (χ2v) is 7.22. The number of benzene rings is 2. The van der Waals surface area contributed by atoms with Crippen molar-refractivity contribution in [2.24, 2.45) is 0 Å². The van der Waals surface area contributed by atoms with Crippen molar-refractivity contribution in [2.75, 3.05) is 25.6 Å². The Balaban J connectivity index is 1.84. The number of nitriles is 1. The van der Waals surface area contributed by atoms with Crippen molar-refractivity contribution < 1.29 is 22.6 Å². The third-order valence-corrected chi connectivity index (χ3v) is 5.36. The summed E-state index contributed by atoms with van der Waals surface area (Å²) in [5.74, 6) is 1.71. The maximum absolute atomic E-state index is 12.6. The molecule has 0 aliphatic carbocycles. The first-order valence-electron chi connectivity index (χ1n) is 7.70. The molecule has 0 fully saturated rings. The molecule has 8 heteroatoms. The lowest BCUT2D eigenvalue weighted by Crippen LogP contribution is -2.15. The summed E-state index contributed by atoms with van der Waals surface area (Å²) < 4.78 is 41.1. The molecule has 7 nitrogen and oxygen atoms in total. The lowest BCUT2D eigenvalue weighted by Gasteiger charge is -2.18. The van der Waals surface area contributed by atoms with Gasteiger partial charge in [0.25, 0.3) is 0 Å². The molecule has 1 N–H and O–H groups in total. The van der Waals surface area contributed by atoms with Gasteiger partial charge in [-0.05, 0) is 36.4 Å². The van der Waals surface area contributed by atoms with Crippen molar-refractivity contribution in [3.63, 3.8) is 0 Å². The summed E-state index contributed by atoms with van der Waals surface area (Å²) in [7, 11) is -2.45. The van der Waals surface area contributed by atoms with Crippen LogP contribution in [-0.2, 0) is 9.84 Å². The van der Waals surface area contributed by atoms with Gasteiger partial charge in [0.1, 0.15) is 25.0 Å². The number of hydrogen-bond donors (Lipinski definition) is 1. The molecule has 0 atom stereocenters. The van der Waals surface area contributed by atoms with Crippen LogP contribution in [0.25, 0.3) is 0 Å². The number of rotatable bonds is 5. The number of ether oxygens (including phenoxy) is 3. The first kappa shape index (κ1) is 17.6. The van der Waals surface area contributed by atoms with Gasteiger partial charge < -0.3 is 19.5 Å². The second kappa shape index (κ2) is 7.37. The van der Waals surface area contributed by atoms with E-state index in [0.717, 1.165) is 6.20 Å². The zero-order chi connectivity index (χ0) is 18.6. The van der Waals surface area contributed by atoms with Crippen LogP contribution >= 0.6 is 0 Å². The van der Waals surface area contributed by atoms with Crippen LogP contribution < -0.4 is 19.5 Å². The molecule has 26 heavy (non-hydrogen) atoms. The molecule has 0 amide bonds. The highest BCUT2D eigenvalue weighted by atomic mass is 32.2. The second-order valence-electron chi connectivity index (χ2n) is 5.30. The molecule has 3 rings (SSSR count). The van der Waals surface area contributed by atoms with E-state index < -0.39 is 14.7 Å². The monoisotopic (exact) mass is 372 g/mol. The Hall–Kier alpha value is -3.18. The van der Waals surface area contributed by atoms with E-state index in [2.05, 4.69) is 5.32 Å². The van der Waals surface area contributed by atoms with E-state index in [4.69, 9.17) is 14.2 Å². The van der Waals surface area contributed by atoms with Gasteiger partial charge in [-0.25, -0.2) is 8.42 Å². The Bertz CT molecular complexity index is 976. The van der Waals surface area contributed by atoms with Crippen LogP contribution in [0.3, 0.4) is 0 Å². The predicted molar refractivity (Wildman–Crippen MR) is 94.9 cm³/mol. The van der Waals surface area contributed by atoms with Gasteiger partial charge in [0.2, 0.25) is 9.84 Å². The fraction of sp³-hybridized carbons (Fsp3) is 0.167. The van der Waals surface area contributed by atoms with Crippen LogP contribution in [0.5, 0.6) is 17.2 Å². The standard InChI is InChI=1S/C18H16N2O5S/c1-23-14-3-5-15(6-4-14)26(21,22)16(11-19)12-20-13-2-7-17-18(10-13)25-9-8-24-17/h2-7,10,12,20H,8-9H2,1H3/b16-12-. The van der Waals surface area contributed by atoms with Crippen molar-refractivity contribution in [1.29, 1.82) is 5.26 Å². The fourth-order valence-electron chi connectivity index (χ4n) is 2.33. The zero-order valence-electron chi connectivity index (χ0n) is 13.9. The molecule has 0 unspecified atom stereocenters. The normalized spacial score (nSPS) is 13.6. The molecule has 0 saturated heterocycles. The number of anilines is 1. The van der Waals surface area contributed by atoms with Gasteiger partial charge >= 0.3 is 0 Å². The molecule has 1 heterocycles. The Morgan fingerprint density at radius 1 is 1.15 bits per heavy atom. The van der Waals surface area contributed by atoms with Crippen molar-refractivity contribution in [3.05, 3.63) is 53.6 Å². The average molecular weight is 372 g/mol. The summed E-state index contributed by atoms with van der Waals surface area (Å²) in [4.78, 5) is -0.396. The van der Waals surface area contributed by atoms with Gasteiger partial charge in [-0.2, -0.15) is 5.26 Å². The van der Waals surface area contributed by atoms with Crippen molar-refractivity contribution >= 4 is 15.5 Å². The van der Waals surface area contributed by atoms with Crippen molar-refractivity contribution in [2.45, 2.75) is 4.90 Å². The van der Waals surface area contributed by atoms with Crippen LogP contribution in [0.15, 0.2) is 58.5 Å². The summed E-state index contributed by atoms with van der Waals surface area (Å²) in [6, 6.07) is 12.7. The summed E-state index contributed by atoms with van der Waals surface area (Å²) in [5, 5.41) is 12.1. The smallest absolute Gasteiger partial charge is 0.218 e. The first-order chi connectivity index (χ1) is 12.5. The number of methoxy groups -OCH3 is 1. The highest BCUT2D eigenvalue weighted by Crippen LogP contribution is 2.32. The topological polar surface area (TPSA) is 97.7 Å². The quantitative estimate of drug-likeness (QED) is 0.806. The highest BCUT2D eigenvalue weighted by molar-refractivity contribution is 7.95. The van der Waals surface area contributed by atoms with Crippen molar-refractivity contribution in [3.8, 4) is 23.3 Å². The fourth-order valence-corrected chi connectivity index (χ4v) is 3.42. The number of nitrogens with zero attached hydrogens (tertiary/aromatic N) is 1. The molecule has 1 aliphatic rings. The summed E-state index contributed by atoms with van der Waals surface area (Å²) in [5.41, 5.74) is 0.576. The largest absolute Gasteiger partial charge is 0.497 e. The van der Waals surface area contributed by atoms with E-state index in [1.54, 1.807) is 24.3 Å². The van der Waals surface area contributed by atoms with E-state index in [9.17, 15) is 13.7 Å². The Kier molecular flexibility index (Phi) is 5.00. The SMILES string of the molecule is COc1ccc(S(=O)(=O)/C(C#N)=C\Nc2ccc3c(c2)OCCO3)cc1. The average Bonchev–Trinajstić information content (AvgIpc) is 2.68. The molecule has 1 aliphatic heterocycles. The van der Waals surface area contributed by atoms with Gasteiger partial charge in [-0.3, -0.25) is 0 Å². The maximum atomic E-state index is 12.6. The maximum Gasteiger partial charge on any atom is 0.218 e. The number of sulfone groups is 1. The highest BCUT2D eigenvalue weighted by Gasteiger charge is 2.21. The third-order valence-electron chi connectivity index (χ3n) is 3.68. The van der Waals surface area contributed by atoms with Crippen LogP contribution in [0.2, 0.25) is 0 Å². The van der Waals surface area contributed by atoms with E-state index in [1.807, 2.05) is 0 Å². The minimum Gasteiger partial charge on any atom is -0.497 e. The van der Waals surface area contributed by atoms with Crippen LogP contribution in [0.1, 0.15) is 0 Å². The van der Waals surface area contributed by atoms with Gasteiger partial charge in [0.15, 0.2) is 16.4 Å². The molecule has 134 valence electrons. The molecule has 0 aromatic heterocycles. The summed E-state index contributed by atoms with van der Waals surface area (Å²) in [6.07, 6.45) is 1.16. The molecule has 0 radical (unpaired) electrons. The Morgan fingerprint density at radius 3 is 2.50 bits per heavy atom. The molecule has 0 bridgehead atoms. The lowest BCUT2D eigenvalue weighted by atomic mass is 10.2. The van der Waals surface area contributed by atoms with Gasteiger partial charge in [-0.1, -0.05) is 0 Å². The van der Waals surface area contributed by atoms with Crippen molar-refractivity contribution in [1.82, 2.24) is 0 Å². The number of hydrogen-bond acceptors (Lipinski definition) is 7. The zero-order valence-corrected chi connectivity index (χ0v) is 14.7. The minimum atomic E-state index is -3.94. The lowest BCUT2D eigenvalue weighted by molar-refractivity contribution is 0.171. The van der Waals surface area contributed by atoms with E-state index in [0.29, 0.717) is 36.1 Å². The van der Waals surface area contributed by atoms with Gasteiger partial charge in [0, 0.05) is 18.0 Å².